The number of benzene rings is 2. The van der Waals surface area contributed by atoms with Gasteiger partial charge in [0.15, 0.2) is 0 Å². The fourth-order valence-corrected chi connectivity index (χ4v) is 2.04. The number of aliphatic hydroxyl groups is 1. The van der Waals surface area contributed by atoms with Crippen LogP contribution in [0.15, 0.2) is 54.6 Å². The molecule has 0 saturated heterocycles. The van der Waals surface area contributed by atoms with Crippen molar-refractivity contribution < 1.29 is 15.0 Å². The van der Waals surface area contributed by atoms with Gasteiger partial charge in [0.05, 0.1) is 12.5 Å². The second kappa shape index (κ2) is 6.16. The highest BCUT2D eigenvalue weighted by Gasteiger charge is 2.10. The first-order valence-electron chi connectivity index (χ1n) is 6.18. The van der Waals surface area contributed by atoms with Crippen LogP contribution < -0.4 is 0 Å². The van der Waals surface area contributed by atoms with Crippen LogP contribution in [0.5, 0.6) is 0 Å². The number of carboxylic acid groups (broad SMARTS) is 1. The summed E-state index contributed by atoms with van der Waals surface area (Å²) in [5.41, 5.74) is 2.51. The van der Waals surface area contributed by atoms with E-state index >= 15 is 0 Å². The van der Waals surface area contributed by atoms with E-state index in [0.29, 0.717) is 12.0 Å². The lowest BCUT2D eigenvalue weighted by Crippen LogP contribution is -2.04. The van der Waals surface area contributed by atoms with Crippen LogP contribution in [-0.4, -0.2) is 16.2 Å². The van der Waals surface area contributed by atoms with Crippen LogP contribution in [0.25, 0.3) is 0 Å². The van der Waals surface area contributed by atoms with Gasteiger partial charge in [0.2, 0.25) is 0 Å². The lowest BCUT2D eigenvalue weighted by atomic mass is 9.99. The molecule has 2 aromatic carbocycles. The predicted molar refractivity (Wildman–Crippen MR) is 72.9 cm³/mol. The van der Waals surface area contributed by atoms with Crippen LogP contribution in [0.4, 0.5) is 0 Å². The maximum Gasteiger partial charge on any atom is 0.307 e. The lowest BCUT2D eigenvalue weighted by Gasteiger charge is -2.12. The first-order valence-corrected chi connectivity index (χ1v) is 6.18. The number of hydrogen-bond acceptors (Lipinski definition) is 2. The van der Waals surface area contributed by atoms with E-state index in [4.69, 9.17) is 5.11 Å². The number of aliphatic hydroxyl groups excluding tert-OH is 1. The number of aliphatic carboxylic acids is 1. The zero-order chi connectivity index (χ0) is 13.7. The van der Waals surface area contributed by atoms with Gasteiger partial charge >= 0.3 is 5.97 Å². The molecule has 0 amide bonds. The fraction of sp³-hybridized carbons (Fsp3) is 0.188. The maximum atomic E-state index is 10.7. The molecule has 0 aliphatic rings. The summed E-state index contributed by atoms with van der Waals surface area (Å²) in [6.45, 7) is 0. The van der Waals surface area contributed by atoms with E-state index < -0.39 is 12.1 Å². The molecule has 2 N–H and O–H groups in total. The van der Waals surface area contributed by atoms with Gasteiger partial charge in [-0.1, -0.05) is 54.6 Å². The summed E-state index contributed by atoms with van der Waals surface area (Å²) < 4.78 is 0. The van der Waals surface area contributed by atoms with Crippen LogP contribution in [0.2, 0.25) is 0 Å². The normalized spacial score (nSPS) is 12.1. The van der Waals surface area contributed by atoms with E-state index in [1.807, 2.05) is 36.4 Å². The van der Waals surface area contributed by atoms with Gasteiger partial charge in [-0.05, 0) is 16.7 Å². The minimum Gasteiger partial charge on any atom is -0.481 e. The molecular weight excluding hydrogens is 240 g/mol. The van der Waals surface area contributed by atoms with Crippen LogP contribution in [0.3, 0.4) is 0 Å². The largest absolute Gasteiger partial charge is 0.481 e. The minimum absolute atomic E-state index is 0.0219. The quantitative estimate of drug-likeness (QED) is 0.864. The van der Waals surface area contributed by atoms with E-state index in [0.717, 1.165) is 11.1 Å². The standard InChI is InChI=1S/C16H16O3/c17-15(10-12-5-2-1-3-6-12)14-8-4-7-13(9-14)11-16(18)19/h1-9,15,17H,10-11H2,(H,18,19)/t15-/m0/s1. The average molecular weight is 256 g/mol. The van der Waals surface area contributed by atoms with Crippen molar-refractivity contribution in [1.82, 2.24) is 0 Å². The Balaban J connectivity index is 2.10. The van der Waals surface area contributed by atoms with E-state index in [-0.39, 0.29) is 6.42 Å². The average Bonchev–Trinajstić information content (AvgIpc) is 2.39. The van der Waals surface area contributed by atoms with Crippen LogP contribution >= 0.6 is 0 Å². The Morgan fingerprint density at radius 3 is 2.37 bits per heavy atom. The van der Waals surface area contributed by atoms with Gasteiger partial charge in [0.25, 0.3) is 0 Å². The molecule has 98 valence electrons. The highest BCUT2D eigenvalue weighted by molar-refractivity contribution is 5.70. The monoisotopic (exact) mass is 256 g/mol. The van der Waals surface area contributed by atoms with Gasteiger partial charge in [0, 0.05) is 6.42 Å². The number of carboxylic acids is 1. The topological polar surface area (TPSA) is 57.5 Å². The third-order valence-corrected chi connectivity index (χ3v) is 2.96. The third kappa shape index (κ3) is 3.93. The van der Waals surface area contributed by atoms with E-state index in [2.05, 4.69) is 0 Å². The molecule has 2 rings (SSSR count). The Morgan fingerprint density at radius 2 is 1.68 bits per heavy atom. The molecule has 3 nitrogen and oxygen atoms in total. The predicted octanol–water partition coefficient (Wildman–Crippen LogP) is 2.59. The van der Waals surface area contributed by atoms with Gasteiger partial charge in [0.1, 0.15) is 0 Å². The summed E-state index contributed by atoms with van der Waals surface area (Å²) in [6, 6.07) is 16.8. The Hall–Kier alpha value is -2.13. The molecule has 0 bridgehead atoms. The molecule has 1 atom stereocenters. The number of hydrogen-bond donors (Lipinski definition) is 2. The van der Waals surface area contributed by atoms with Gasteiger partial charge in [-0.2, -0.15) is 0 Å². The summed E-state index contributed by atoms with van der Waals surface area (Å²) in [5.74, 6) is -0.866. The smallest absolute Gasteiger partial charge is 0.307 e. The van der Waals surface area contributed by atoms with Crippen molar-refractivity contribution in [3.8, 4) is 0 Å². The molecule has 0 spiro atoms. The molecule has 3 heteroatoms. The molecule has 0 fully saturated rings. The second-order valence-corrected chi connectivity index (χ2v) is 4.52. The van der Waals surface area contributed by atoms with Gasteiger partial charge in [-0.25, -0.2) is 0 Å². The van der Waals surface area contributed by atoms with E-state index in [9.17, 15) is 9.90 Å². The molecule has 0 unspecified atom stereocenters. The summed E-state index contributed by atoms with van der Waals surface area (Å²) in [7, 11) is 0. The molecule has 0 heterocycles. The Bertz CT molecular complexity index is 549. The van der Waals surface area contributed by atoms with Gasteiger partial charge < -0.3 is 10.2 Å². The van der Waals surface area contributed by atoms with Crippen LogP contribution in [0.1, 0.15) is 22.8 Å². The van der Waals surface area contributed by atoms with Crippen molar-refractivity contribution in [3.05, 3.63) is 71.3 Å². The van der Waals surface area contributed by atoms with Crippen molar-refractivity contribution in [2.24, 2.45) is 0 Å². The molecule has 0 aliphatic carbocycles. The lowest BCUT2D eigenvalue weighted by molar-refractivity contribution is -0.136. The molecule has 0 aliphatic heterocycles. The molecule has 19 heavy (non-hydrogen) atoms. The van der Waals surface area contributed by atoms with Crippen molar-refractivity contribution in [2.45, 2.75) is 18.9 Å². The van der Waals surface area contributed by atoms with Crippen molar-refractivity contribution in [3.63, 3.8) is 0 Å². The third-order valence-electron chi connectivity index (χ3n) is 2.96. The maximum absolute atomic E-state index is 10.7. The minimum atomic E-state index is -0.866. The van der Waals surface area contributed by atoms with Crippen molar-refractivity contribution in [1.29, 1.82) is 0 Å². The SMILES string of the molecule is O=C(O)Cc1cccc([C@@H](O)Cc2ccccc2)c1. The van der Waals surface area contributed by atoms with Crippen LogP contribution in [0, 0.1) is 0 Å². The van der Waals surface area contributed by atoms with Crippen molar-refractivity contribution in [2.75, 3.05) is 0 Å². The molecular formula is C16H16O3. The molecule has 0 saturated carbocycles. The zero-order valence-electron chi connectivity index (χ0n) is 10.5. The Kier molecular flexibility index (Phi) is 4.31. The fourth-order valence-electron chi connectivity index (χ4n) is 2.04. The highest BCUT2D eigenvalue weighted by Crippen LogP contribution is 2.19. The highest BCUT2D eigenvalue weighted by atomic mass is 16.4. The first kappa shape index (κ1) is 13.3. The summed E-state index contributed by atoms with van der Waals surface area (Å²) >= 11 is 0. The number of rotatable bonds is 5. The second-order valence-electron chi connectivity index (χ2n) is 4.52. The van der Waals surface area contributed by atoms with Gasteiger partial charge in [-0.3, -0.25) is 4.79 Å². The van der Waals surface area contributed by atoms with E-state index in [1.165, 1.54) is 0 Å². The van der Waals surface area contributed by atoms with Gasteiger partial charge in [-0.15, -0.1) is 0 Å². The summed E-state index contributed by atoms with van der Waals surface area (Å²) in [6.07, 6.45) is -0.111. The number of carbonyl (C=O) groups is 1. The summed E-state index contributed by atoms with van der Waals surface area (Å²) in [4.78, 5) is 10.7. The zero-order valence-corrected chi connectivity index (χ0v) is 10.5. The van der Waals surface area contributed by atoms with E-state index in [1.54, 1.807) is 18.2 Å². The molecule has 2 aromatic rings. The Labute approximate surface area is 112 Å². The molecule has 0 radical (unpaired) electrons. The Morgan fingerprint density at radius 1 is 1.00 bits per heavy atom. The summed E-state index contributed by atoms with van der Waals surface area (Å²) in [5, 5.41) is 19.0. The van der Waals surface area contributed by atoms with Crippen LogP contribution in [-0.2, 0) is 17.6 Å². The van der Waals surface area contributed by atoms with Crippen molar-refractivity contribution >= 4 is 5.97 Å². The first-order chi connectivity index (χ1) is 9.15. The molecule has 0 aromatic heterocycles.